The lowest BCUT2D eigenvalue weighted by molar-refractivity contribution is -0.117. The summed E-state index contributed by atoms with van der Waals surface area (Å²) in [6.45, 7) is 1.81. The Morgan fingerprint density at radius 3 is 2.82 bits per heavy atom. The molecule has 1 N–H and O–H groups in total. The molecular formula is C12H14N2O3. The van der Waals surface area contributed by atoms with Crippen molar-refractivity contribution in [1.29, 1.82) is 0 Å². The molecule has 1 aliphatic rings. The van der Waals surface area contributed by atoms with Crippen molar-refractivity contribution >= 4 is 23.3 Å². The summed E-state index contributed by atoms with van der Waals surface area (Å²) >= 11 is 0. The minimum Gasteiger partial charge on any atom is -0.465 e. The van der Waals surface area contributed by atoms with Gasteiger partial charge in [-0.25, -0.2) is 4.79 Å². The molecule has 0 saturated carbocycles. The van der Waals surface area contributed by atoms with Crippen LogP contribution in [0.3, 0.4) is 0 Å². The quantitative estimate of drug-likeness (QED) is 0.743. The number of rotatable bonds is 1. The number of para-hydroxylation sites is 1. The summed E-state index contributed by atoms with van der Waals surface area (Å²) in [6, 6.07) is 5.01. The van der Waals surface area contributed by atoms with Gasteiger partial charge in [-0.2, -0.15) is 0 Å². The van der Waals surface area contributed by atoms with Gasteiger partial charge in [0.1, 0.15) is 6.04 Å². The van der Waals surface area contributed by atoms with Crippen LogP contribution in [0, 0.1) is 0 Å². The molecule has 1 amide bonds. The third kappa shape index (κ3) is 1.73. The van der Waals surface area contributed by atoms with E-state index in [1.165, 1.54) is 7.11 Å². The van der Waals surface area contributed by atoms with E-state index < -0.39 is 5.97 Å². The molecule has 0 bridgehead atoms. The van der Waals surface area contributed by atoms with Crippen LogP contribution in [0.1, 0.15) is 17.3 Å². The predicted molar refractivity (Wildman–Crippen MR) is 64.3 cm³/mol. The van der Waals surface area contributed by atoms with Crippen LogP contribution in [0.25, 0.3) is 0 Å². The number of carbonyl (C=O) groups is 2. The van der Waals surface area contributed by atoms with Gasteiger partial charge >= 0.3 is 5.97 Å². The van der Waals surface area contributed by atoms with E-state index in [0.29, 0.717) is 11.3 Å². The van der Waals surface area contributed by atoms with Gasteiger partial charge in [0.15, 0.2) is 0 Å². The highest BCUT2D eigenvalue weighted by molar-refractivity contribution is 6.09. The first-order valence-corrected chi connectivity index (χ1v) is 5.31. The zero-order valence-electron chi connectivity index (χ0n) is 9.98. The third-order valence-electron chi connectivity index (χ3n) is 3.04. The Labute approximate surface area is 99.4 Å². The summed E-state index contributed by atoms with van der Waals surface area (Å²) in [7, 11) is 3.14. The molecular weight excluding hydrogens is 220 g/mol. The van der Waals surface area contributed by atoms with Crippen LogP contribution >= 0.6 is 0 Å². The topological polar surface area (TPSA) is 58.6 Å². The molecule has 0 fully saturated rings. The minimum absolute atomic E-state index is 0.128. The molecule has 17 heavy (non-hydrogen) atoms. The summed E-state index contributed by atoms with van der Waals surface area (Å²) in [6.07, 6.45) is 0. The molecule has 0 spiro atoms. The Kier molecular flexibility index (Phi) is 2.75. The molecule has 2 rings (SSSR count). The number of benzene rings is 1. The summed E-state index contributed by atoms with van der Waals surface area (Å²) in [5.74, 6) is -0.582. The second-order valence-electron chi connectivity index (χ2n) is 3.97. The molecule has 90 valence electrons. The monoisotopic (exact) mass is 234 g/mol. The number of hydrogen-bond donors (Lipinski definition) is 1. The highest BCUT2D eigenvalue weighted by Crippen LogP contribution is 2.34. The Balaban J connectivity index is 2.55. The Morgan fingerprint density at radius 1 is 1.47 bits per heavy atom. The fraction of sp³-hybridized carbons (Fsp3) is 0.333. The number of carbonyl (C=O) groups excluding carboxylic acids is 2. The Hall–Kier alpha value is -2.04. The van der Waals surface area contributed by atoms with E-state index in [1.54, 1.807) is 12.1 Å². The van der Waals surface area contributed by atoms with Crippen LogP contribution in [0.4, 0.5) is 11.4 Å². The lowest BCUT2D eigenvalue weighted by Crippen LogP contribution is -2.44. The van der Waals surface area contributed by atoms with Gasteiger partial charge in [-0.15, -0.1) is 0 Å². The van der Waals surface area contributed by atoms with E-state index in [-0.39, 0.29) is 11.9 Å². The van der Waals surface area contributed by atoms with Crippen LogP contribution in [0.5, 0.6) is 0 Å². The molecule has 1 aliphatic heterocycles. The van der Waals surface area contributed by atoms with Crippen molar-refractivity contribution in [1.82, 2.24) is 0 Å². The molecule has 1 atom stereocenters. The van der Waals surface area contributed by atoms with E-state index in [9.17, 15) is 9.59 Å². The van der Waals surface area contributed by atoms with Crippen molar-refractivity contribution in [2.45, 2.75) is 13.0 Å². The largest absolute Gasteiger partial charge is 0.465 e. The summed E-state index contributed by atoms with van der Waals surface area (Å²) in [5, 5.41) is 2.74. The van der Waals surface area contributed by atoms with Gasteiger partial charge in [-0.3, -0.25) is 4.79 Å². The molecule has 5 nitrogen and oxygen atoms in total. The number of nitrogens with zero attached hydrogens (tertiary/aromatic N) is 1. The van der Waals surface area contributed by atoms with Crippen molar-refractivity contribution in [3.63, 3.8) is 0 Å². The SMILES string of the molecule is COC(=O)c1cccc2c1NC(=O)C(C)N2C. The number of nitrogens with one attached hydrogen (secondary N) is 1. The maximum Gasteiger partial charge on any atom is 0.340 e. The molecule has 0 radical (unpaired) electrons. The van der Waals surface area contributed by atoms with Crippen molar-refractivity contribution in [3.05, 3.63) is 23.8 Å². The smallest absolute Gasteiger partial charge is 0.340 e. The summed E-state index contributed by atoms with van der Waals surface area (Å²) in [4.78, 5) is 25.1. The van der Waals surface area contributed by atoms with E-state index in [0.717, 1.165) is 5.69 Å². The molecule has 1 heterocycles. The standard InChI is InChI=1S/C12H14N2O3/c1-7-11(15)13-10-8(12(16)17-3)5-4-6-9(10)14(7)2/h4-7H,1-3H3,(H,13,15). The first-order chi connectivity index (χ1) is 8.06. The molecule has 0 aromatic heterocycles. The van der Waals surface area contributed by atoms with Crippen LogP contribution < -0.4 is 10.2 Å². The van der Waals surface area contributed by atoms with Gasteiger partial charge in [-0.05, 0) is 19.1 Å². The van der Waals surface area contributed by atoms with Crippen molar-refractivity contribution < 1.29 is 14.3 Å². The zero-order valence-corrected chi connectivity index (χ0v) is 9.98. The predicted octanol–water partition coefficient (Wildman–Crippen LogP) is 1.25. The molecule has 1 aromatic carbocycles. The number of hydrogen-bond acceptors (Lipinski definition) is 4. The third-order valence-corrected chi connectivity index (χ3v) is 3.04. The van der Waals surface area contributed by atoms with Gasteiger partial charge in [0.25, 0.3) is 0 Å². The van der Waals surface area contributed by atoms with Crippen molar-refractivity contribution in [2.24, 2.45) is 0 Å². The van der Waals surface area contributed by atoms with E-state index >= 15 is 0 Å². The van der Waals surface area contributed by atoms with E-state index in [1.807, 2.05) is 24.9 Å². The van der Waals surface area contributed by atoms with Gasteiger partial charge < -0.3 is 15.0 Å². The molecule has 5 heteroatoms. The number of likely N-dealkylation sites (N-methyl/N-ethyl adjacent to an activating group) is 1. The first-order valence-electron chi connectivity index (χ1n) is 5.31. The molecule has 1 aromatic rings. The second kappa shape index (κ2) is 4.08. The maximum absolute atomic E-state index is 11.7. The summed E-state index contributed by atoms with van der Waals surface area (Å²) in [5.41, 5.74) is 1.71. The van der Waals surface area contributed by atoms with E-state index in [2.05, 4.69) is 5.32 Å². The number of fused-ring (bicyclic) bond motifs is 1. The van der Waals surface area contributed by atoms with Gasteiger partial charge in [0.2, 0.25) is 5.91 Å². The highest BCUT2D eigenvalue weighted by Gasteiger charge is 2.29. The maximum atomic E-state index is 11.7. The number of anilines is 2. The fourth-order valence-electron chi connectivity index (χ4n) is 1.86. The van der Waals surface area contributed by atoms with Crippen LogP contribution in [0.15, 0.2) is 18.2 Å². The average molecular weight is 234 g/mol. The lowest BCUT2D eigenvalue weighted by Gasteiger charge is -2.33. The van der Waals surface area contributed by atoms with Gasteiger partial charge in [-0.1, -0.05) is 6.07 Å². The molecule has 1 unspecified atom stereocenters. The van der Waals surface area contributed by atoms with Crippen LogP contribution in [0.2, 0.25) is 0 Å². The van der Waals surface area contributed by atoms with Crippen molar-refractivity contribution in [3.8, 4) is 0 Å². The fourth-order valence-corrected chi connectivity index (χ4v) is 1.86. The second-order valence-corrected chi connectivity index (χ2v) is 3.97. The first kappa shape index (κ1) is 11.4. The molecule has 0 saturated heterocycles. The normalized spacial score (nSPS) is 18.4. The van der Waals surface area contributed by atoms with E-state index in [4.69, 9.17) is 4.74 Å². The minimum atomic E-state index is -0.454. The Morgan fingerprint density at radius 2 is 2.18 bits per heavy atom. The van der Waals surface area contributed by atoms with Gasteiger partial charge in [0, 0.05) is 7.05 Å². The Bertz CT molecular complexity index is 485. The number of ether oxygens (including phenoxy) is 1. The van der Waals surface area contributed by atoms with Gasteiger partial charge in [0.05, 0.1) is 24.0 Å². The summed E-state index contributed by atoms with van der Waals surface area (Å²) < 4.78 is 4.69. The highest BCUT2D eigenvalue weighted by atomic mass is 16.5. The number of methoxy groups -OCH3 is 1. The van der Waals surface area contributed by atoms with Crippen molar-refractivity contribution in [2.75, 3.05) is 24.4 Å². The lowest BCUT2D eigenvalue weighted by atomic mass is 10.1. The average Bonchev–Trinajstić information content (AvgIpc) is 2.34. The van der Waals surface area contributed by atoms with Crippen LogP contribution in [-0.2, 0) is 9.53 Å². The number of amides is 1. The molecule has 0 aliphatic carbocycles. The zero-order chi connectivity index (χ0) is 12.6. The number of esters is 1. The van der Waals surface area contributed by atoms with Crippen LogP contribution in [-0.4, -0.2) is 32.1 Å².